The number of phenols is 1. The highest BCUT2D eigenvalue weighted by Gasteiger charge is 2.10. The normalized spacial score (nSPS) is 10.8. The lowest BCUT2D eigenvalue weighted by atomic mass is 10.2. The third-order valence-electron chi connectivity index (χ3n) is 3.11. The summed E-state index contributed by atoms with van der Waals surface area (Å²) in [6.45, 7) is 0. The number of hydrogen-bond acceptors (Lipinski definition) is 7. The lowest BCUT2D eigenvalue weighted by Gasteiger charge is -2.04. The van der Waals surface area contributed by atoms with Crippen molar-refractivity contribution in [3.63, 3.8) is 0 Å². The van der Waals surface area contributed by atoms with Crippen LogP contribution in [0.5, 0.6) is 5.75 Å². The highest BCUT2D eigenvalue weighted by molar-refractivity contribution is 7.99. The molecule has 0 unspecified atom stereocenters. The molecule has 1 aromatic carbocycles. The molecular formula is C15H14N4O2S2. The van der Waals surface area contributed by atoms with Crippen LogP contribution in [0.4, 0.5) is 0 Å². The number of tetrazole rings is 1. The fraction of sp³-hybridized carbons (Fsp3) is 0.200. The molecule has 0 aliphatic carbocycles. The highest BCUT2D eigenvalue weighted by Crippen LogP contribution is 2.21. The van der Waals surface area contributed by atoms with Gasteiger partial charge in [0.2, 0.25) is 5.16 Å². The topological polar surface area (TPSA) is 80.9 Å². The molecule has 0 radical (unpaired) electrons. The number of thiophene rings is 1. The summed E-state index contributed by atoms with van der Waals surface area (Å²) in [7, 11) is 0. The van der Waals surface area contributed by atoms with Crippen molar-refractivity contribution in [1.29, 1.82) is 0 Å². The fourth-order valence-corrected chi connectivity index (χ4v) is 3.51. The van der Waals surface area contributed by atoms with Gasteiger partial charge in [0.25, 0.3) is 0 Å². The van der Waals surface area contributed by atoms with Crippen molar-refractivity contribution in [2.45, 2.75) is 18.0 Å². The van der Waals surface area contributed by atoms with Gasteiger partial charge in [-0.05, 0) is 52.6 Å². The van der Waals surface area contributed by atoms with Crippen molar-refractivity contribution in [3.05, 3.63) is 46.7 Å². The Morgan fingerprint density at radius 1 is 1.26 bits per heavy atom. The molecule has 2 heterocycles. The molecule has 2 aromatic heterocycles. The number of thioether (sulfide) groups is 1. The van der Waals surface area contributed by atoms with E-state index >= 15 is 0 Å². The molecular weight excluding hydrogens is 332 g/mol. The Kier molecular flexibility index (Phi) is 5.04. The molecule has 118 valence electrons. The molecule has 8 heteroatoms. The molecule has 0 amide bonds. The van der Waals surface area contributed by atoms with E-state index in [9.17, 15) is 9.90 Å². The van der Waals surface area contributed by atoms with Gasteiger partial charge in [-0.3, -0.25) is 4.79 Å². The molecule has 3 rings (SSSR count). The molecule has 0 saturated carbocycles. The van der Waals surface area contributed by atoms with Crippen LogP contribution in [-0.4, -0.2) is 36.8 Å². The smallest absolute Gasteiger partial charge is 0.214 e. The third kappa shape index (κ3) is 3.96. The van der Waals surface area contributed by atoms with E-state index in [-0.39, 0.29) is 11.5 Å². The standard InChI is InChI=1S/C15H14N4O2S2/c20-12-7-5-11(6-8-12)19-15(16-17-18-19)23-10-1-3-13(21)14-4-2-9-22-14/h2,4-9,20H,1,3,10H2. The van der Waals surface area contributed by atoms with E-state index < -0.39 is 0 Å². The average molecular weight is 346 g/mol. The van der Waals surface area contributed by atoms with Crippen LogP contribution >= 0.6 is 23.1 Å². The summed E-state index contributed by atoms with van der Waals surface area (Å²) in [4.78, 5) is 12.7. The van der Waals surface area contributed by atoms with Crippen LogP contribution in [0.1, 0.15) is 22.5 Å². The maximum absolute atomic E-state index is 11.9. The van der Waals surface area contributed by atoms with Crippen LogP contribution in [-0.2, 0) is 0 Å². The molecule has 6 nitrogen and oxygen atoms in total. The van der Waals surface area contributed by atoms with Gasteiger partial charge in [0, 0.05) is 12.2 Å². The number of ketones is 1. The van der Waals surface area contributed by atoms with Gasteiger partial charge in [0.1, 0.15) is 5.75 Å². The molecule has 1 N–H and O–H groups in total. The maximum atomic E-state index is 11.9. The summed E-state index contributed by atoms with van der Waals surface area (Å²) in [5, 5.41) is 23.6. The minimum absolute atomic E-state index is 0.179. The molecule has 3 aromatic rings. The van der Waals surface area contributed by atoms with Gasteiger partial charge < -0.3 is 5.11 Å². The second-order valence-corrected chi connectivity index (χ2v) is 6.75. The van der Waals surface area contributed by atoms with E-state index in [4.69, 9.17) is 0 Å². The molecule has 0 spiro atoms. The number of phenolic OH excluding ortho intramolecular Hbond substituents is 1. The van der Waals surface area contributed by atoms with E-state index in [1.165, 1.54) is 23.1 Å². The Balaban J connectivity index is 1.54. The van der Waals surface area contributed by atoms with E-state index in [1.54, 1.807) is 28.9 Å². The molecule has 0 atom stereocenters. The van der Waals surface area contributed by atoms with Crippen LogP contribution in [0.25, 0.3) is 5.69 Å². The summed E-state index contributed by atoms with van der Waals surface area (Å²) >= 11 is 2.98. The van der Waals surface area contributed by atoms with E-state index in [0.717, 1.165) is 22.7 Å². The molecule has 0 fully saturated rings. The van der Waals surface area contributed by atoms with Gasteiger partial charge >= 0.3 is 0 Å². The number of aromatic hydroxyl groups is 1. The van der Waals surface area contributed by atoms with Crippen molar-refractivity contribution < 1.29 is 9.90 Å². The molecule has 0 aliphatic rings. The zero-order chi connectivity index (χ0) is 16.1. The monoisotopic (exact) mass is 346 g/mol. The first kappa shape index (κ1) is 15.7. The van der Waals surface area contributed by atoms with Crippen molar-refractivity contribution in [2.24, 2.45) is 0 Å². The minimum Gasteiger partial charge on any atom is -0.508 e. The maximum Gasteiger partial charge on any atom is 0.214 e. The number of Topliss-reactive ketones (excluding diaryl/α,β-unsaturated/α-hetero) is 1. The number of hydrogen-bond donors (Lipinski definition) is 1. The Morgan fingerprint density at radius 3 is 2.83 bits per heavy atom. The van der Waals surface area contributed by atoms with Crippen LogP contribution in [0, 0.1) is 0 Å². The Bertz CT molecular complexity index is 769. The lowest BCUT2D eigenvalue weighted by Crippen LogP contribution is -2.00. The highest BCUT2D eigenvalue weighted by atomic mass is 32.2. The van der Waals surface area contributed by atoms with Gasteiger partial charge in [-0.2, -0.15) is 4.68 Å². The lowest BCUT2D eigenvalue weighted by molar-refractivity contribution is 0.0986. The third-order valence-corrected chi connectivity index (χ3v) is 5.03. The minimum atomic E-state index is 0.179. The predicted molar refractivity (Wildman–Crippen MR) is 89.4 cm³/mol. The largest absolute Gasteiger partial charge is 0.508 e. The van der Waals surface area contributed by atoms with Crippen molar-refractivity contribution >= 4 is 28.9 Å². The average Bonchev–Trinajstić information content (AvgIpc) is 3.24. The number of carbonyl (C=O) groups is 1. The van der Waals surface area contributed by atoms with Crippen LogP contribution in [0.2, 0.25) is 0 Å². The van der Waals surface area contributed by atoms with Gasteiger partial charge in [0.15, 0.2) is 5.78 Å². The number of carbonyl (C=O) groups excluding carboxylic acids is 1. The first-order chi connectivity index (χ1) is 11.2. The van der Waals surface area contributed by atoms with Crippen molar-refractivity contribution in [2.75, 3.05) is 5.75 Å². The summed E-state index contributed by atoms with van der Waals surface area (Å²) in [5.74, 6) is 1.14. The Hall–Kier alpha value is -2.19. The van der Waals surface area contributed by atoms with Crippen molar-refractivity contribution in [1.82, 2.24) is 20.2 Å². The SMILES string of the molecule is O=C(CCCSc1nnnn1-c1ccc(O)cc1)c1cccs1. The second kappa shape index (κ2) is 7.38. The zero-order valence-corrected chi connectivity index (χ0v) is 13.8. The van der Waals surface area contributed by atoms with E-state index in [0.29, 0.717) is 11.6 Å². The number of benzene rings is 1. The summed E-state index contributed by atoms with van der Waals surface area (Å²) in [6, 6.07) is 10.4. The first-order valence-corrected chi connectivity index (χ1v) is 8.88. The fourth-order valence-electron chi connectivity index (χ4n) is 1.98. The van der Waals surface area contributed by atoms with Gasteiger partial charge in [-0.25, -0.2) is 0 Å². The second-order valence-electron chi connectivity index (χ2n) is 4.74. The van der Waals surface area contributed by atoms with Gasteiger partial charge in [-0.1, -0.05) is 17.8 Å². The summed E-state index contributed by atoms with van der Waals surface area (Å²) < 4.78 is 1.62. The zero-order valence-electron chi connectivity index (χ0n) is 12.1. The summed E-state index contributed by atoms with van der Waals surface area (Å²) in [6.07, 6.45) is 1.29. The quantitative estimate of drug-likeness (QED) is 0.402. The van der Waals surface area contributed by atoms with Gasteiger partial charge in [0.05, 0.1) is 10.6 Å². The molecule has 23 heavy (non-hydrogen) atoms. The Morgan fingerprint density at radius 2 is 2.09 bits per heavy atom. The first-order valence-electron chi connectivity index (χ1n) is 7.01. The number of nitrogens with zero attached hydrogens (tertiary/aromatic N) is 4. The van der Waals surface area contributed by atoms with Crippen LogP contribution < -0.4 is 0 Å². The number of rotatable bonds is 7. The number of aromatic nitrogens is 4. The molecule has 0 aliphatic heterocycles. The van der Waals surface area contributed by atoms with Crippen molar-refractivity contribution in [3.8, 4) is 11.4 Å². The molecule has 0 saturated heterocycles. The predicted octanol–water partition coefficient (Wildman–Crippen LogP) is 3.18. The van der Waals surface area contributed by atoms with Gasteiger partial charge in [-0.15, -0.1) is 16.4 Å². The van der Waals surface area contributed by atoms with E-state index in [1.807, 2.05) is 17.5 Å². The molecule has 0 bridgehead atoms. The van der Waals surface area contributed by atoms with E-state index in [2.05, 4.69) is 15.5 Å². The van der Waals surface area contributed by atoms with Crippen LogP contribution in [0.3, 0.4) is 0 Å². The summed E-state index contributed by atoms with van der Waals surface area (Å²) in [5.41, 5.74) is 0.782. The van der Waals surface area contributed by atoms with Crippen LogP contribution in [0.15, 0.2) is 46.9 Å². The Labute approximate surface area is 141 Å².